The van der Waals surface area contributed by atoms with E-state index in [-0.39, 0.29) is 18.4 Å². The van der Waals surface area contributed by atoms with Gasteiger partial charge >= 0.3 is 0 Å². The first-order valence-electron chi connectivity index (χ1n) is 11.2. The maximum atomic E-state index is 11.2. The fraction of sp³-hybridized carbons (Fsp3) is 0.103. The SMILES string of the molecule is C=CCN.C=CCNC(=O)c1ccccc1.O=C(Cl)c1ccccc1.O=CCNC(=O)c1ccccc1. The third-order valence-electron chi connectivity index (χ3n) is 3.99. The largest absolute Gasteiger partial charge is 0.349 e. The first-order valence-corrected chi connectivity index (χ1v) is 11.6. The molecule has 3 aromatic carbocycles. The molecule has 0 spiro atoms. The van der Waals surface area contributed by atoms with Crippen LogP contribution in [0.4, 0.5) is 0 Å². The first-order chi connectivity index (χ1) is 17.9. The maximum absolute atomic E-state index is 11.2. The average molecular weight is 522 g/mol. The van der Waals surface area contributed by atoms with E-state index in [0.29, 0.717) is 36.1 Å². The molecule has 0 aliphatic carbocycles. The Labute approximate surface area is 223 Å². The lowest BCUT2D eigenvalue weighted by Crippen LogP contribution is -2.24. The molecular weight excluding hydrogens is 490 g/mol. The van der Waals surface area contributed by atoms with Crippen LogP contribution in [0.1, 0.15) is 31.1 Å². The van der Waals surface area contributed by atoms with Gasteiger partial charge in [-0.05, 0) is 35.9 Å². The molecule has 2 amide bonds. The molecule has 37 heavy (non-hydrogen) atoms. The predicted molar refractivity (Wildman–Crippen MR) is 150 cm³/mol. The quantitative estimate of drug-likeness (QED) is 0.230. The van der Waals surface area contributed by atoms with Gasteiger partial charge < -0.3 is 21.2 Å². The zero-order chi connectivity index (χ0) is 27.7. The van der Waals surface area contributed by atoms with E-state index in [9.17, 15) is 19.2 Å². The highest BCUT2D eigenvalue weighted by Crippen LogP contribution is 2.01. The van der Waals surface area contributed by atoms with Crippen molar-refractivity contribution in [2.75, 3.05) is 19.6 Å². The van der Waals surface area contributed by atoms with Gasteiger partial charge in [-0.3, -0.25) is 14.4 Å². The summed E-state index contributed by atoms with van der Waals surface area (Å²) in [5.41, 5.74) is 6.70. The molecule has 0 bridgehead atoms. The number of hydrogen-bond acceptors (Lipinski definition) is 5. The Hall–Kier alpha value is -4.33. The van der Waals surface area contributed by atoms with Crippen LogP contribution < -0.4 is 16.4 Å². The second-order valence-electron chi connectivity index (χ2n) is 6.77. The smallest absolute Gasteiger partial charge is 0.252 e. The molecule has 0 aliphatic rings. The molecule has 0 radical (unpaired) electrons. The molecule has 194 valence electrons. The second kappa shape index (κ2) is 22.2. The number of rotatable bonds is 8. The summed E-state index contributed by atoms with van der Waals surface area (Å²) in [5, 5.41) is 4.73. The third-order valence-corrected chi connectivity index (χ3v) is 4.21. The van der Waals surface area contributed by atoms with Crippen LogP contribution in [0.5, 0.6) is 0 Å². The summed E-state index contributed by atoms with van der Waals surface area (Å²) in [4.78, 5) is 42.7. The number of hydrogen-bond donors (Lipinski definition) is 3. The van der Waals surface area contributed by atoms with Gasteiger partial charge in [0.1, 0.15) is 6.29 Å². The molecule has 0 saturated carbocycles. The highest BCUT2D eigenvalue weighted by molar-refractivity contribution is 6.67. The average Bonchev–Trinajstić information content (AvgIpc) is 2.96. The summed E-state index contributed by atoms with van der Waals surface area (Å²) in [6.45, 7) is 8.02. The molecule has 0 heterocycles. The normalized spacial score (nSPS) is 8.70. The van der Waals surface area contributed by atoms with Gasteiger partial charge in [-0.15, -0.1) is 13.2 Å². The Bertz CT molecular complexity index is 1020. The van der Waals surface area contributed by atoms with E-state index < -0.39 is 5.24 Å². The number of nitrogens with one attached hydrogen (secondary N) is 2. The van der Waals surface area contributed by atoms with Crippen molar-refractivity contribution in [1.29, 1.82) is 0 Å². The summed E-state index contributed by atoms with van der Waals surface area (Å²) < 4.78 is 0. The second-order valence-corrected chi connectivity index (χ2v) is 7.11. The van der Waals surface area contributed by atoms with Crippen molar-refractivity contribution in [3.05, 3.63) is 133 Å². The third kappa shape index (κ3) is 16.9. The van der Waals surface area contributed by atoms with E-state index in [2.05, 4.69) is 23.8 Å². The van der Waals surface area contributed by atoms with Crippen LogP contribution in [0.3, 0.4) is 0 Å². The lowest BCUT2D eigenvalue weighted by atomic mass is 10.2. The number of aldehydes is 1. The Morgan fingerprint density at radius 3 is 1.30 bits per heavy atom. The monoisotopic (exact) mass is 521 g/mol. The number of amides is 2. The minimum atomic E-state index is -0.407. The minimum absolute atomic E-state index is 0.0597. The van der Waals surface area contributed by atoms with E-state index in [1.54, 1.807) is 72.8 Å². The lowest BCUT2D eigenvalue weighted by molar-refractivity contribution is -0.107. The van der Waals surface area contributed by atoms with Crippen molar-refractivity contribution >= 4 is 34.9 Å². The Balaban J connectivity index is 0.000000494. The van der Waals surface area contributed by atoms with Gasteiger partial charge in [0.15, 0.2) is 0 Å². The van der Waals surface area contributed by atoms with Crippen molar-refractivity contribution < 1.29 is 19.2 Å². The van der Waals surface area contributed by atoms with E-state index in [1.807, 2.05) is 30.3 Å². The standard InChI is InChI=1S/C10H11NO.C9H9NO2.C7H5ClO.C3H7N/c1-2-8-11-10(12)9-6-4-3-5-7-9;11-7-6-10-9(12)8-4-2-1-3-5-8;8-7(9)6-4-2-1-3-5-6;1-2-3-4/h2-7H,1,8H2,(H,11,12);1-5,7H,6H2,(H,10,12);1-5H;2H,1,3-4H2. The molecule has 0 aromatic heterocycles. The maximum Gasteiger partial charge on any atom is 0.252 e. The van der Waals surface area contributed by atoms with Crippen LogP contribution in [0.15, 0.2) is 116 Å². The van der Waals surface area contributed by atoms with Crippen molar-refractivity contribution in [1.82, 2.24) is 10.6 Å². The van der Waals surface area contributed by atoms with Gasteiger partial charge in [0.25, 0.3) is 17.1 Å². The van der Waals surface area contributed by atoms with E-state index in [0.717, 1.165) is 0 Å². The van der Waals surface area contributed by atoms with E-state index in [4.69, 9.17) is 17.3 Å². The van der Waals surface area contributed by atoms with E-state index >= 15 is 0 Å². The van der Waals surface area contributed by atoms with Crippen LogP contribution >= 0.6 is 11.6 Å². The Morgan fingerprint density at radius 2 is 1.03 bits per heavy atom. The molecule has 0 saturated heterocycles. The van der Waals surface area contributed by atoms with Crippen molar-refractivity contribution in [2.24, 2.45) is 5.73 Å². The number of carbonyl (C=O) groups excluding carboxylic acids is 4. The van der Waals surface area contributed by atoms with E-state index in [1.165, 1.54) is 0 Å². The number of carbonyl (C=O) groups is 4. The Morgan fingerprint density at radius 1 is 0.676 bits per heavy atom. The van der Waals surface area contributed by atoms with Gasteiger partial charge in [-0.2, -0.15) is 0 Å². The van der Waals surface area contributed by atoms with Crippen LogP contribution in [0, 0.1) is 0 Å². The molecule has 7 nitrogen and oxygen atoms in total. The summed E-state index contributed by atoms with van der Waals surface area (Å²) in [5.74, 6) is -0.279. The molecule has 0 fully saturated rings. The van der Waals surface area contributed by atoms with Crippen molar-refractivity contribution in [3.8, 4) is 0 Å². The number of halogens is 1. The first kappa shape index (κ1) is 32.7. The lowest BCUT2D eigenvalue weighted by Gasteiger charge is -2.00. The van der Waals surface area contributed by atoms with Gasteiger partial charge in [0.05, 0.1) is 6.54 Å². The van der Waals surface area contributed by atoms with Crippen LogP contribution in [0.2, 0.25) is 0 Å². The molecule has 8 heteroatoms. The van der Waals surface area contributed by atoms with Crippen LogP contribution in [0.25, 0.3) is 0 Å². The molecule has 3 aromatic rings. The fourth-order valence-corrected chi connectivity index (χ4v) is 2.38. The number of benzene rings is 3. The molecule has 3 rings (SSSR count). The van der Waals surface area contributed by atoms with Gasteiger partial charge in [0.2, 0.25) is 0 Å². The summed E-state index contributed by atoms with van der Waals surface area (Å²) >= 11 is 5.16. The summed E-state index contributed by atoms with van der Waals surface area (Å²) in [7, 11) is 0. The van der Waals surface area contributed by atoms with Crippen molar-refractivity contribution in [2.45, 2.75) is 0 Å². The Kier molecular flexibility index (Phi) is 19.6. The summed E-state index contributed by atoms with van der Waals surface area (Å²) in [6.07, 6.45) is 3.96. The molecular formula is C29H32ClN3O4. The van der Waals surface area contributed by atoms with Gasteiger partial charge in [0, 0.05) is 29.8 Å². The van der Waals surface area contributed by atoms with Crippen LogP contribution in [-0.2, 0) is 4.79 Å². The molecule has 0 atom stereocenters. The zero-order valence-corrected chi connectivity index (χ0v) is 21.3. The fourth-order valence-electron chi connectivity index (χ4n) is 2.25. The van der Waals surface area contributed by atoms with Crippen LogP contribution in [-0.4, -0.2) is 43.0 Å². The molecule has 0 aliphatic heterocycles. The van der Waals surface area contributed by atoms with Gasteiger partial charge in [-0.25, -0.2) is 0 Å². The van der Waals surface area contributed by atoms with Gasteiger partial charge in [-0.1, -0.05) is 78.9 Å². The summed E-state index contributed by atoms with van der Waals surface area (Å²) in [6, 6.07) is 26.6. The minimum Gasteiger partial charge on any atom is -0.349 e. The molecule has 4 N–H and O–H groups in total. The van der Waals surface area contributed by atoms with Crippen molar-refractivity contribution in [3.63, 3.8) is 0 Å². The highest BCUT2D eigenvalue weighted by atomic mass is 35.5. The highest BCUT2D eigenvalue weighted by Gasteiger charge is 2.01. The number of nitrogens with two attached hydrogens (primary N) is 1. The molecule has 0 unspecified atom stereocenters. The topological polar surface area (TPSA) is 118 Å². The predicted octanol–water partition coefficient (Wildman–Crippen LogP) is 4.41. The zero-order valence-electron chi connectivity index (χ0n) is 20.5.